The van der Waals surface area contributed by atoms with Gasteiger partial charge in [-0.1, -0.05) is 11.3 Å². The highest BCUT2D eigenvalue weighted by Crippen LogP contribution is 2.42. The third-order valence-corrected chi connectivity index (χ3v) is 13.7. The topological polar surface area (TPSA) is 428 Å². The van der Waals surface area contributed by atoms with Crippen molar-refractivity contribution in [1.29, 1.82) is 0 Å². The molecule has 15 atom stereocenters. The van der Waals surface area contributed by atoms with Gasteiger partial charge in [-0.2, -0.15) is 0 Å². The molecule has 27 heteroatoms. The molecule has 1 amide bonds. The van der Waals surface area contributed by atoms with Crippen LogP contribution in [0.4, 0.5) is 5.69 Å². The second-order valence-electron chi connectivity index (χ2n) is 18.8. The van der Waals surface area contributed by atoms with Crippen molar-refractivity contribution >= 4 is 45.9 Å². The molecule has 406 valence electrons. The van der Waals surface area contributed by atoms with E-state index >= 15 is 0 Å². The molecule has 18 N–H and O–H groups in total. The Morgan fingerprint density at radius 3 is 2.24 bits per heavy atom. The summed E-state index contributed by atoms with van der Waals surface area (Å²) in [4.78, 5) is 37.7. The standard InChI is InChI=1S/C48H61N9O17S/c49-28-16-29(50)44(42(67)43(28)73-46-39(64)36(51)37(62)33(19-58)72-46)74-47-41(66)40(65)38(63)32(71-47)17-53-34(61)4-1-3-21-18-57(56-55-21)12-2-11-52-48(75)54-20-5-8-24(27(13-20)45(68)69)35-25-9-6-22(59)14-30(25)70-31-15-23(60)7-10-26(31)35/h5-10,13-15,18,28-29,32-33,36-44,46-47,58-59,62-67H,1-4,11-12,16-17,19,49-51H2,(H,53,61)(H,68,69)(H2,52,54,75)/t28-,29?,32?,33-,36?,37+,38-,39?,40+,41?,42?,43-,44-,46+,47-/m1/s1. The van der Waals surface area contributed by atoms with Crippen molar-refractivity contribution in [2.24, 2.45) is 17.2 Å². The van der Waals surface area contributed by atoms with Crippen LogP contribution in [-0.4, -0.2) is 189 Å². The number of phenolic OH excluding ortho intramolecular Hbond substituents is 1. The summed E-state index contributed by atoms with van der Waals surface area (Å²) in [6.45, 7) is -0.0593. The molecule has 26 nitrogen and oxygen atoms in total. The average molecular weight is 1070 g/mol. The lowest BCUT2D eigenvalue weighted by molar-refractivity contribution is -0.332. The number of carboxylic acid groups (broad SMARTS) is 1. The molecule has 8 rings (SSSR count). The molecule has 3 aliphatic heterocycles. The molecule has 0 bridgehead atoms. The molecule has 2 saturated heterocycles. The van der Waals surface area contributed by atoms with Gasteiger partial charge < -0.3 is 102 Å². The Morgan fingerprint density at radius 2 is 1.52 bits per heavy atom. The SMILES string of the molecule is NC1C[C@@H](N)[C@@H](O[C@@H]2O[C@H](CO)[C@H](O)C(N)C2O)C(O)[C@@H]1O[C@H]1OC(CNC(=O)CCCc2cn(CCCNC(=S)Nc3ccc(-c4c5ccc(=O)cc-5oc5cc(O)ccc45)c(C(=O)O)c3)nn2)[C@@H](O)[C@H](O)C1O. The highest BCUT2D eigenvalue weighted by atomic mass is 32.1. The van der Waals surface area contributed by atoms with Gasteiger partial charge in [0, 0.05) is 78.7 Å². The zero-order chi connectivity index (χ0) is 53.8. The summed E-state index contributed by atoms with van der Waals surface area (Å²) in [6.07, 6.45) is -15.1. The van der Waals surface area contributed by atoms with Crippen LogP contribution in [0.1, 0.15) is 41.7 Å². The van der Waals surface area contributed by atoms with Crippen LogP contribution in [0.2, 0.25) is 0 Å². The third kappa shape index (κ3) is 12.5. The number of aromatic hydroxyl groups is 1. The fraction of sp³-hybridized carbons (Fsp3) is 0.500. The largest absolute Gasteiger partial charge is 0.508 e. The highest BCUT2D eigenvalue weighted by Gasteiger charge is 2.52. The number of aromatic nitrogens is 3. The number of benzene rings is 3. The van der Waals surface area contributed by atoms with Crippen molar-refractivity contribution in [2.75, 3.05) is 25.0 Å². The second-order valence-corrected chi connectivity index (χ2v) is 19.2. The van der Waals surface area contributed by atoms with E-state index in [0.29, 0.717) is 65.8 Å². The lowest BCUT2D eigenvalue weighted by Crippen LogP contribution is -2.68. The molecule has 4 heterocycles. The van der Waals surface area contributed by atoms with Gasteiger partial charge in [-0.25, -0.2) is 4.79 Å². The van der Waals surface area contributed by atoms with Crippen LogP contribution in [0.25, 0.3) is 33.4 Å². The van der Waals surface area contributed by atoms with Crippen LogP contribution in [0.15, 0.2) is 70.0 Å². The van der Waals surface area contributed by atoms with Gasteiger partial charge in [0.25, 0.3) is 0 Å². The minimum Gasteiger partial charge on any atom is -0.508 e. The Bertz CT molecular complexity index is 2840. The molecule has 0 spiro atoms. The number of ether oxygens (including phenoxy) is 4. The summed E-state index contributed by atoms with van der Waals surface area (Å²) in [5.41, 5.74) is 20.8. The molecular weight excluding hydrogens is 1010 g/mol. The van der Waals surface area contributed by atoms with Crippen LogP contribution >= 0.6 is 12.2 Å². The summed E-state index contributed by atoms with van der Waals surface area (Å²) >= 11 is 5.49. The Hall–Kier alpha value is -5.86. The number of aryl methyl sites for hydroxylation is 2. The van der Waals surface area contributed by atoms with Crippen molar-refractivity contribution in [2.45, 2.75) is 130 Å². The first-order valence-corrected chi connectivity index (χ1v) is 24.6. The molecule has 5 aliphatic rings. The Balaban J connectivity index is 0.769. The lowest BCUT2D eigenvalue weighted by atomic mass is 9.84. The van der Waals surface area contributed by atoms with Crippen LogP contribution < -0.4 is 38.6 Å². The number of anilines is 1. The predicted octanol–water partition coefficient (Wildman–Crippen LogP) is -2.86. The first kappa shape index (κ1) is 55.4. The molecule has 0 radical (unpaired) electrons. The number of amides is 1. The zero-order valence-electron chi connectivity index (χ0n) is 40.1. The molecule has 2 aromatic carbocycles. The quantitative estimate of drug-likeness (QED) is 0.0238. The summed E-state index contributed by atoms with van der Waals surface area (Å²) < 4.78 is 30.5. The number of rotatable bonds is 18. The smallest absolute Gasteiger partial charge is 0.336 e. The Kier molecular flexibility index (Phi) is 17.7. The fourth-order valence-corrected chi connectivity index (χ4v) is 9.67. The normalized spacial score (nSPS) is 30.0. The molecule has 1 saturated carbocycles. The average Bonchev–Trinajstić information content (AvgIpc) is 3.84. The third-order valence-electron chi connectivity index (χ3n) is 13.5. The maximum Gasteiger partial charge on any atom is 0.336 e. The van der Waals surface area contributed by atoms with E-state index in [1.54, 1.807) is 35.1 Å². The number of carbonyl (C=O) groups excluding carboxylic acids is 1. The number of carboxylic acids is 1. The van der Waals surface area contributed by atoms with Crippen molar-refractivity contribution in [3.05, 3.63) is 82.3 Å². The number of hydrogen-bond acceptors (Lipinski definition) is 22. The van der Waals surface area contributed by atoms with Gasteiger partial charge in [0.1, 0.15) is 78.1 Å². The summed E-state index contributed by atoms with van der Waals surface area (Å²) in [5.74, 6) is -1.45. The second kappa shape index (κ2) is 24.0. The maximum atomic E-state index is 12.9. The number of nitrogens with two attached hydrogens (primary N) is 3. The molecule has 6 unspecified atom stereocenters. The van der Waals surface area contributed by atoms with Gasteiger partial charge >= 0.3 is 5.97 Å². The van der Waals surface area contributed by atoms with Gasteiger partial charge in [0.05, 0.1) is 23.9 Å². The molecule has 3 aromatic rings. The Labute approximate surface area is 432 Å². The van der Waals surface area contributed by atoms with Crippen LogP contribution in [0.5, 0.6) is 5.75 Å². The number of aromatic carboxylic acids is 1. The molecule has 75 heavy (non-hydrogen) atoms. The lowest BCUT2D eigenvalue weighted by Gasteiger charge is -2.48. The Morgan fingerprint density at radius 1 is 0.813 bits per heavy atom. The van der Waals surface area contributed by atoms with Crippen molar-refractivity contribution in [3.63, 3.8) is 0 Å². The molecule has 1 aromatic heterocycles. The van der Waals surface area contributed by atoms with E-state index in [1.807, 2.05) is 0 Å². The number of aliphatic hydroxyl groups is 7. The number of thiocarbonyl (C=S) groups is 1. The van der Waals surface area contributed by atoms with E-state index in [0.717, 1.165) is 0 Å². The summed E-state index contributed by atoms with van der Waals surface area (Å²) in [5, 5.41) is 112. The van der Waals surface area contributed by atoms with E-state index in [9.17, 15) is 60.3 Å². The highest BCUT2D eigenvalue weighted by molar-refractivity contribution is 7.80. The number of nitrogens with zero attached hydrogens (tertiary/aromatic N) is 3. The number of nitrogens with one attached hydrogen (secondary N) is 3. The zero-order valence-corrected chi connectivity index (χ0v) is 40.9. The first-order valence-electron chi connectivity index (χ1n) is 24.2. The van der Waals surface area contributed by atoms with E-state index in [1.165, 1.54) is 30.3 Å². The maximum absolute atomic E-state index is 12.9. The van der Waals surface area contributed by atoms with Crippen molar-refractivity contribution in [1.82, 2.24) is 25.6 Å². The van der Waals surface area contributed by atoms with E-state index in [4.69, 9.17) is 52.8 Å². The van der Waals surface area contributed by atoms with Gasteiger partial charge in [-0.3, -0.25) is 14.3 Å². The molecule has 3 fully saturated rings. The predicted molar refractivity (Wildman–Crippen MR) is 267 cm³/mol. The van der Waals surface area contributed by atoms with Gasteiger partial charge in [-0.15, -0.1) is 5.10 Å². The fourth-order valence-electron chi connectivity index (χ4n) is 9.45. The summed E-state index contributed by atoms with van der Waals surface area (Å²) in [7, 11) is 0. The molecule has 2 aliphatic carbocycles. The van der Waals surface area contributed by atoms with E-state index in [-0.39, 0.29) is 52.6 Å². The van der Waals surface area contributed by atoms with Crippen LogP contribution in [0.3, 0.4) is 0 Å². The monoisotopic (exact) mass is 1070 g/mol. The summed E-state index contributed by atoms with van der Waals surface area (Å²) in [6, 6.07) is 10.3. The van der Waals surface area contributed by atoms with Crippen LogP contribution in [0, 0.1) is 0 Å². The van der Waals surface area contributed by atoms with Crippen LogP contribution in [-0.2, 0) is 36.7 Å². The van der Waals surface area contributed by atoms with Gasteiger partial charge in [0.15, 0.2) is 23.1 Å². The van der Waals surface area contributed by atoms with E-state index < -0.39 is 110 Å². The van der Waals surface area contributed by atoms with Gasteiger partial charge in [0.2, 0.25) is 5.91 Å². The molecular formula is C48H61N9O17S. The number of aliphatic hydroxyl groups excluding tert-OH is 7. The number of hydrogen-bond donors (Lipinski definition) is 15. The number of phenols is 1. The first-order chi connectivity index (χ1) is 35.8. The number of fused-ring (bicyclic) bond motifs is 2. The van der Waals surface area contributed by atoms with Crippen molar-refractivity contribution in [3.8, 4) is 28.2 Å². The minimum absolute atomic E-state index is 0.00475. The number of carbonyl (C=O) groups is 2. The minimum atomic E-state index is -1.82. The van der Waals surface area contributed by atoms with Crippen molar-refractivity contribution < 1.29 is 78.9 Å². The van der Waals surface area contributed by atoms with Gasteiger partial charge in [-0.05, 0) is 79.9 Å². The van der Waals surface area contributed by atoms with E-state index in [2.05, 4.69) is 26.3 Å².